The third kappa shape index (κ3) is 17.9. The van der Waals surface area contributed by atoms with Gasteiger partial charge in [0.05, 0.1) is 12.5 Å². The highest BCUT2D eigenvalue weighted by atomic mass is 16.7. The molecule has 0 aromatic heterocycles. The molecule has 310 valence electrons. The second-order valence-corrected chi connectivity index (χ2v) is 14.6. The van der Waals surface area contributed by atoms with E-state index < -0.39 is 77.7 Å². The lowest BCUT2D eigenvalue weighted by Gasteiger charge is -2.30. The summed E-state index contributed by atoms with van der Waals surface area (Å²) >= 11 is 0. The number of amides is 5. The van der Waals surface area contributed by atoms with Crippen molar-refractivity contribution < 1.29 is 52.8 Å². The van der Waals surface area contributed by atoms with Crippen LogP contribution in [0.5, 0.6) is 5.75 Å². The van der Waals surface area contributed by atoms with Crippen LogP contribution < -0.4 is 26.6 Å². The molecule has 1 unspecified atom stereocenters. The Morgan fingerprint density at radius 3 is 1.95 bits per heavy atom. The summed E-state index contributed by atoms with van der Waals surface area (Å²) in [5, 5.41) is 23.2. The number of carbonyl (C=O) groups excluding carboxylic acids is 6. The van der Waals surface area contributed by atoms with Gasteiger partial charge in [-0.15, -0.1) is 0 Å². The van der Waals surface area contributed by atoms with Crippen LogP contribution in [0.1, 0.15) is 78.4 Å². The first kappa shape index (κ1) is 46.9. The Balaban J connectivity index is 2.23. The van der Waals surface area contributed by atoms with Crippen molar-refractivity contribution in [3.8, 4) is 5.75 Å². The number of unbranched alkanes of at least 4 members (excludes halogenated alkanes) is 1. The van der Waals surface area contributed by atoms with Gasteiger partial charge in [-0.2, -0.15) is 0 Å². The zero-order valence-electron chi connectivity index (χ0n) is 33.6. The second-order valence-electron chi connectivity index (χ2n) is 14.6. The van der Waals surface area contributed by atoms with E-state index in [2.05, 4.69) is 26.6 Å². The third-order valence-corrected chi connectivity index (χ3v) is 8.28. The fraction of sp³-hybridized carbons (Fsp3) is 0.550. The molecular formula is C40H59N5O11. The minimum Gasteiger partial charge on any atom is -0.508 e. The molecular weight excluding hydrogens is 726 g/mol. The fourth-order valence-electron chi connectivity index (χ4n) is 5.57. The van der Waals surface area contributed by atoms with E-state index in [1.165, 1.54) is 33.3 Å². The van der Waals surface area contributed by atoms with E-state index in [1.807, 2.05) is 30.3 Å². The van der Waals surface area contributed by atoms with Crippen LogP contribution in [0.4, 0.5) is 4.79 Å². The number of rotatable bonds is 22. The highest BCUT2D eigenvalue weighted by Crippen LogP contribution is 2.15. The summed E-state index contributed by atoms with van der Waals surface area (Å²) in [4.78, 5) is 78.5. The average Bonchev–Trinajstić information content (AvgIpc) is 3.12. The molecule has 4 atom stereocenters. The molecule has 2 aromatic carbocycles. The van der Waals surface area contributed by atoms with E-state index in [4.69, 9.17) is 18.9 Å². The first-order chi connectivity index (χ1) is 26.4. The van der Waals surface area contributed by atoms with Crippen molar-refractivity contribution in [2.45, 2.75) is 116 Å². The normalized spacial score (nSPS) is 13.5. The van der Waals surface area contributed by atoms with Crippen LogP contribution >= 0.6 is 0 Å². The lowest BCUT2D eigenvalue weighted by molar-refractivity contribution is -0.163. The quantitative estimate of drug-likeness (QED) is 0.0579. The molecule has 0 aliphatic carbocycles. The van der Waals surface area contributed by atoms with Gasteiger partial charge in [0.2, 0.25) is 23.6 Å². The molecule has 0 spiro atoms. The minimum absolute atomic E-state index is 0.0399. The van der Waals surface area contributed by atoms with E-state index in [1.54, 1.807) is 46.8 Å². The van der Waals surface area contributed by atoms with Crippen LogP contribution in [-0.2, 0) is 55.9 Å². The highest BCUT2D eigenvalue weighted by Gasteiger charge is 2.34. The molecule has 2 aromatic rings. The van der Waals surface area contributed by atoms with Gasteiger partial charge in [0.15, 0.2) is 6.29 Å². The fourth-order valence-corrected chi connectivity index (χ4v) is 5.57. The van der Waals surface area contributed by atoms with Gasteiger partial charge in [0.25, 0.3) is 0 Å². The summed E-state index contributed by atoms with van der Waals surface area (Å²) in [5.74, 6) is -3.44. The lowest BCUT2D eigenvalue weighted by atomic mass is 9.99. The molecule has 56 heavy (non-hydrogen) atoms. The van der Waals surface area contributed by atoms with Crippen molar-refractivity contribution >= 4 is 35.7 Å². The van der Waals surface area contributed by atoms with Crippen molar-refractivity contribution in [2.24, 2.45) is 5.92 Å². The number of methoxy groups -OCH3 is 2. The van der Waals surface area contributed by atoms with Crippen LogP contribution in [0.3, 0.4) is 0 Å². The van der Waals surface area contributed by atoms with Gasteiger partial charge < -0.3 is 50.6 Å². The number of carbonyl (C=O) groups is 6. The van der Waals surface area contributed by atoms with Gasteiger partial charge in [-0.3, -0.25) is 24.0 Å². The Hall–Kier alpha value is -5.22. The first-order valence-electron chi connectivity index (χ1n) is 18.6. The molecule has 0 aliphatic heterocycles. The molecule has 0 aliphatic rings. The maximum atomic E-state index is 13.9. The lowest BCUT2D eigenvalue weighted by Crippen LogP contribution is -2.59. The van der Waals surface area contributed by atoms with Gasteiger partial charge in [-0.25, -0.2) is 4.79 Å². The van der Waals surface area contributed by atoms with E-state index in [0.29, 0.717) is 18.4 Å². The van der Waals surface area contributed by atoms with Gasteiger partial charge in [0.1, 0.15) is 36.1 Å². The van der Waals surface area contributed by atoms with Crippen LogP contribution in [0.15, 0.2) is 54.6 Å². The Kier molecular flexibility index (Phi) is 19.8. The summed E-state index contributed by atoms with van der Waals surface area (Å²) in [5.41, 5.74) is 0.698. The molecule has 16 nitrogen and oxygen atoms in total. The number of hydrogen-bond donors (Lipinski definition) is 6. The zero-order valence-corrected chi connectivity index (χ0v) is 33.6. The predicted molar refractivity (Wildman–Crippen MR) is 207 cm³/mol. The SMILES string of the molecule is COC(OC)C(CC(=O)OC(C)(C)C)NC(=O)[C@H](CCCCNC(=O)OCc1ccccc1)NC(=O)[C@@H](NC(=O)[C@H](Cc1ccc(O)cc1)NC(C)=O)C(C)C. The number of phenolic OH excluding ortho intramolecular Hbond substituents is 1. The molecule has 0 saturated heterocycles. The summed E-state index contributed by atoms with van der Waals surface area (Å²) < 4.78 is 21.5. The van der Waals surface area contributed by atoms with Crippen molar-refractivity contribution in [3.63, 3.8) is 0 Å². The number of benzene rings is 2. The molecule has 5 amide bonds. The maximum absolute atomic E-state index is 13.9. The molecule has 0 heterocycles. The Bertz CT molecular complexity index is 1560. The van der Waals surface area contributed by atoms with Crippen LogP contribution in [0.2, 0.25) is 0 Å². The monoisotopic (exact) mass is 785 g/mol. The van der Waals surface area contributed by atoms with Crippen molar-refractivity contribution in [1.29, 1.82) is 0 Å². The Labute approximate surface area is 329 Å². The number of aromatic hydroxyl groups is 1. The average molecular weight is 786 g/mol. The smallest absolute Gasteiger partial charge is 0.407 e. The standard InChI is InChI=1S/C40H59N5O11/c1-25(2)34(45-36(50)31(42-26(3)46)22-27-17-19-29(47)20-18-27)37(51)43-30(16-12-13-21-41-39(52)55-24-28-14-10-9-11-15-28)35(49)44-32(38(53-7)54-8)23-33(48)56-40(4,5)6/h9-11,14-15,17-20,25,30-32,34,38,47H,12-13,16,21-24H2,1-8H3,(H,41,52)(H,42,46)(H,43,51)(H,44,49)(H,45,50)/t30-,31-,32?,34-/m0/s1. The maximum Gasteiger partial charge on any atom is 0.407 e. The summed E-state index contributed by atoms with van der Waals surface area (Å²) in [6.45, 7) is 10.2. The molecule has 0 radical (unpaired) electrons. The van der Waals surface area contributed by atoms with Crippen molar-refractivity contribution in [2.75, 3.05) is 20.8 Å². The minimum atomic E-state index is -1.16. The van der Waals surface area contributed by atoms with Gasteiger partial charge >= 0.3 is 12.1 Å². The van der Waals surface area contributed by atoms with Crippen LogP contribution in [-0.4, -0.2) is 97.6 Å². The largest absolute Gasteiger partial charge is 0.508 e. The number of hydrogen-bond acceptors (Lipinski definition) is 11. The predicted octanol–water partition coefficient (Wildman–Crippen LogP) is 3.00. The van der Waals surface area contributed by atoms with Crippen LogP contribution in [0.25, 0.3) is 0 Å². The number of phenols is 1. The molecule has 6 N–H and O–H groups in total. The molecule has 16 heteroatoms. The zero-order chi connectivity index (χ0) is 41.8. The van der Waals surface area contributed by atoms with Crippen LogP contribution in [0, 0.1) is 5.92 Å². The summed E-state index contributed by atoms with van der Waals surface area (Å²) in [6.07, 6.45) is -0.989. The molecule has 0 saturated carbocycles. The number of nitrogens with one attached hydrogen (secondary N) is 5. The number of alkyl carbamates (subject to hydrolysis) is 1. The summed E-state index contributed by atoms with van der Waals surface area (Å²) in [6, 6.07) is 11.0. The number of ether oxygens (including phenoxy) is 4. The topological polar surface area (TPSA) is 220 Å². The van der Waals surface area contributed by atoms with E-state index in [0.717, 1.165) is 5.56 Å². The third-order valence-electron chi connectivity index (χ3n) is 8.28. The van der Waals surface area contributed by atoms with Gasteiger partial charge in [-0.05, 0) is 69.2 Å². The summed E-state index contributed by atoms with van der Waals surface area (Å²) in [7, 11) is 2.71. The van der Waals surface area contributed by atoms with Crippen molar-refractivity contribution in [1.82, 2.24) is 26.6 Å². The Morgan fingerprint density at radius 1 is 0.750 bits per heavy atom. The van der Waals surface area contributed by atoms with E-state index in [-0.39, 0.29) is 38.2 Å². The van der Waals surface area contributed by atoms with E-state index >= 15 is 0 Å². The Morgan fingerprint density at radius 2 is 1.38 bits per heavy atom. The van der Waals surface area contributed by atoms with Gasteiger partial charge in [-0.1, -0.05) is 56.3 Å². The number of esters is 1. The van der Waals surface area contributed by atoms with E-state index in [9.17, 15) is 33.9 Å². The first-order valence-corrected chi connectivity index (χ1v) is 18.6. The molecule has 2 rings (SSSR count). The van der Waals surface area contributed by atoms with Gasteiger partial charge in [0, 0.05) is 34.1 Å². The molecule has 0 fully saturated rings. The molecule has 0 bridgehead atoms. The van der Waals surface area contributed by atoms with Crippen molar-refractivity contribution in [3.05, 3.63) is 65.7 Å². The highest BCUT2D eigenvalue weighted by molar-refractivity contribution is 5.94. The second kappa shape index (κ2) is 23.6.